The molecule has 32 heavy (non-hydrogen) atoms. The molecular weight excluding hydrogens is 402 g/mol. The Morgan fingerprint density at radius 1 is 1.16 bits per heavy atom. The Kier molecular flexibility index (Phi) is 4.99. The molecular formula is C24H37N7O. The smallest absolute Gasteiger partial charge is 0.223 e. The average Bonchev–Trinajstić information content (AvgIpc) is 3.13. The number of benzene rings is 1. The van der Waals surface area contributed by atoms with Crippen LogP contribution in [0.4, 0.5) is 5.95 Å². The van der Waals surface area contributed by atoms with Crippen LogP contribution in [0.2, 0.25) is 0 Å². The summed E-state index contributed by atoms with van der Waals surface area (Å²) in [4.78, 5) is 14.7. The number of rotatable bonds is 3. The minimum absolute atomic E-state index is 0.00368. The van der Waals surface area contributed by atoms with Crippen LogP contribution in [0.1, 0.15) is 59.9 Å². The minimum atomic E-state index is -0.430. The number of hydrogen-bond acceptors (Lipinski definition) is 7. The Hall–Kier alpha value is -2.45. The lowest BCUT2D eigenvalue weighted by molar-refractivity contribution is -0.135. The number of aryl methyl sites for hydroxylation is 1. The van der Waals surface area contributed by atoms with Gasteiger partial charge >= 0.3 is 0 Å². The second-order valence-electron chi connectivity index (χ2n) is 10.9. The number of likely N-dealkylation sites (N-methyl/N-ethyl adjacent to an activating group) is 1. The molecule has 1 fully saturated rings. The molecule has 3 heterocycles. The number of fused-ring (bicyclic) bond motifs is 3. The van der Waals surface area contributed by atoms with Crippen molar-refractivity contribution < 1.29 is 4.74 Å². The topological polar surface area (TPSA) is 84.8 Å². The summed E-state index contributed by atoms with van der Waals surface area (Å²) < 4.78 is 7.23. The maximum absolute atomic E-state index is 6.33. The Balaban J connectivity index is 1.93. The third-order valence-corrected chi connectivity index (χ3v) is 7.55. The van der Waals surface area contributed by atoms with Crippen LogP contribution in [0.15, 0.2) is 12.1 Å². The van der Waals surface area contributed by atoms with Crippen LogP contribution in [-0.4, -0.2) is 67.2 Å². The summed E-state index contributed by atoms with van der Waals surface area (Å²) in [7, 11) is 3.85. The van der Waals surface area contributed by atoms with E-state index in [2.05, 4.69) is 76.4 Å². The van der Waals surface area contributed by atoms with E-state index in [1.54, 1.807) is 11.6 Å². The highest BCUT2D eigenvalue weighted by Crippen LogP contribution is 2.43. The van der Waals surface area contributed by atoms with Gasteiger partial charge < -0.3 is 10.5 Å². The molecule has 2 aromatic heterocycles. The molecule has 0 amide bonds. The fourth-order valence-electron chi connectivity index (χ4n) is 5.62. The Bertz CT molecular complexity index is 1190. The number of anilines is 1. The molecule has 2 N–H and O–H groups in total. The molecule has 0 radical (unpaired) electrons. The van der Waals surface area contributed by atoms with Gasteiger partial charge in [0.05, 0.1) is 12.6 Å². The van der Waals surface area contributed by atoms with E-state index in [0.29, 0.717) is 22.9 Å². The molecule has 174 valence electrons. The zero-order valence-corrected chi connectivity index (χ0v) is 21.1. The number of nitrogens with two attached hydrogens (primary N) is 1. The van der Waals surface area contributed by atoms with Gasteiger partial charge in [-0.3, -0.25) is 9.80 Å². The Morgan fingerprint density at radius 2 is 1.81 bits per heavy atom. The van der Waals surface area contributed by atoms with Crippen molar-refractivity contribution in [1.29, 1.82) is 0 Å². The zero-order valence-electron chi connectivity index (χ0n) is 21.1. The second kappa shape index (κ2) is 7.02. The normalized spacial score (nSPS) is 22.0. The highest BCUT2D eigenvalue weighted by molar-refractivity contribution is 5.96. The predicted molar refractivity (Wildman–Crippen MR) is 129 cm³/mol. The van der Waals surface area contributed by atoms with Crippen LogP contribution in [0.5, 0.6) is 5.75 Å². The standard InChI is InChI=1S/C24H37N7O/c1-14-11-16-18(17(12-14)32-10)26-21(25)30-19(16)27-20(28-30)24(7,8)31-15(2)23(5,6)29(9)13-22(31,3)4/h11-12,15H,13H2,1-10H3,(H2,25,26)/t15-/m0/s1. The SMILES string of the molecule is COc1cc(C)cc2c1nc(N)n1nc(C(C)(C)N3[C@@H](C)C(C)(C)N(C)CC3(C)C)nc21. The molecule has 3 aromatic rings. The van der Waals surface area contributed by atoms with Crippen molar-refractivity contribution in [1.82, 2.24) is 29.4 Å². The van der Waals surface area contributed by atoms with Gasteiger partial charge in [-0.15, -0.1) is 5.10 Å². The summed E-state index contributed by atoms with van der Waals surface area (Å²) in [6, 6.07) is 4.30. The number of piperazine rings is 1. The molecule has 0 saturated carbocycles. The van der Waals surface area contributed by atoms with E-state index in [1.165, 1.54) is 0 Å². The summed E-state index contributed by atoms with van der Waals surface area (Å²) >= 11 is 0. The maximum atomic E-state index is 6.33. The average molecular weight is 440 g/mol. The molecule has 1 atom stereocenters. The fourth-order valence-corrected chi connectivity index (χ4v) is 5.62. The number of nitrogen functional groups attached to an aromatic ring is 1. The second-order valence-corrected chi connectivity index (χ2v) is 10.9. The summed E-state index contributed by atoms with van der Waals surface area (Å²) in [5, 5.41) is 5.77. The molecule has 1 aliphatic rings. The summed E-state index contributed by atoms with van der Waals surface area (Å²) in [6.07, 6.45) is 0. The monoisotopic (exact) mass is 439 g/mol. The Labute approximate surface area is 190 Å². The van der Waals surface area contributed by atoms with Gasteiger partial charge in [0.25, 0.3) is 0 Å². The van der Waals surface area contributed by atoms with Crippen molar-refractivity contribution in [3.63, 3.8) is 0 Å². The van der Waals surface area contributed by atoms with Crippen LogP contribution in [0, 0.1) is 6.92 Å². The van der Waals surface area contributed by atoms with E-state index < -0.39 is 5.54 Å². The van der Waals surface area contributed by atoms with Crippen LogP contribution in [0.3, 0.4) is 0 Å². The number of nitrogens with zero attached hydrogens (tertiary/aromatic N) is 6. The third-order valence-electron chi connectivity index (χ3n) is 7.55. The lowest BCUT2D eigenvalue weighted by atomic mass is 9.79. The summed E-state index contributed by atoms with van der Waals surface area (Å²) in [5.41, 5.74) is 8.31. The van der Waals surface area contributed by atoms with Gasteiger partial charge in [-0.1, -0.05) is 0 Å². The van der Waals surface area contributed by atoms with E-state index in [-0.39, 0.29) is 17.1 Å². The quantitative estimate of drug-likeness (QED) is 0.667. The van der Waals surface area contributed by atoms with E-state index >= 15 is 0 Å². The van der Waals surface area contributed by atoms with Gasteiger partial charge in [0, 0.05) is 29.1 Å². The van der Waals surface area contributed by atoms with Crippen LogP contribution in [-0.2, 0) is 5.54 Å². The third kappa shape index (κ3) is 3.15. The van der Waals surface area contributed by atoms with E-state index in [9.17, 15) is 0 Å². The van der Waals surface area contributed by atoms with Crippen LogP contribution in [0.25, 0.3) is 16.6 Å². The molecule has 4 rings (SSSR count). The number of methoxy groups -OCH3 is 1. The van der Waals surface area contributed by atoms with E-state index in [4.69, 9.17) is 20.6 Å². The van der Waals surface area contributed by atoms with E-state index in [1.807, 2.05) is 13.0 Å². The lowest BCUT2D eigenvalue weighted by Crippen LogP contribution is -2.74. The zero-order chi connectivity index (χ0) is 23.8. The highest BCUT2D eigenvalue weighted by atomic mass is 16.5. The first-order chi connectivity index (χ1) is 14.7. The molecule has 1 saturated heterocycles. The van der Waals surface area contributed by atoms with Gasteiger partial charge in [0.2, 0.25) is 5.95 Å². The van der Waals surface area contributed by atoms with Gasteiger partial charge in [-0.05, 0) is 80.1 Å². The summed E-state index contributed by atoms with van der Waals surface area (Å²) in [6.45, 7) is 18.9. The van der Waals surface area contributed by atoms with Crippen molar-refractivity contribution in [2.24, 2.45) is 0 Å². The van der Waals surface area contributed by atoms with Crippen molar-refractivity contribution in [2.75, 3.05) is 26.4 Å². The lowest BCUT2D eigenvalue weighted by Gasteiger charge is -2.62. The molecule has 0 unspecified atom stereocenters. The molecule has 0 bridgehead atoms. The molecule has 0 aliphatic carbocycles. The largest absolute Gasteiger partial charge is 0.494 e. The first-order valence-electron chi connectivity index (χ1n) is 11.2. The minimum Gasteiger partial charge on any atom is -0.494 e. The fraction of sp³-hybridized carbons (Fsp3) is 0.625. The molecule has 1 aliphatic heterocycles. The highest BCUT2D eigenvalue weighted by Gasteiger charge is 2.53. The predicted octanol–water partition coefficient (Wildman–Crippen LogP) is 3.60. The summed E-state index contributed by atoms with van der Waals surface area (Å²) in [5.74, 6) is 1.73. The van der Waals surface area contributed by atoms with Crippen molar-refractivity contribution in [2.45, 2.75) is 78.0 Å². The van der Waals surface area contributed by atoms with Gasteiger partial charge in [0.1, 0.15) is 11.3 Å². The first-order valence-corrected chi connectivity index (χ1v) is 11.2. The van der Waals surface area contributed by atoms with Crippen LogP contribution >= 0.6 is 0 Å². The molecule has 8 nitrogen and oxygen atoms in total. The molecule has 0 spiro atoms. The Morgan fingerprint density at radius 3 is 2.44 bits per heavy atom. The molecule has 1 aromatic carbocycles. The van der Waals surface area contributed by atoms with Crippen molar-refractivity contribution in [3.8, 4) is 5.75 Å². The van der Waals surface area contributed by atoms with Gasteiger partial charge in [0.15, 0.2) is 11.5 Å². The number of hydrogen-bond donors (Lipinski definition) is 1. The first kappa shape index (κ1) is 22.7. The maximum Gasteiger partial charge on any atom is 0.223 e. The van der Waals surface area contributed by atoms with Gasteiger partial charge in [-0.25, -0.2) is 9.97 Å². The van der Waals surface area contributed by atoms with Crippen molar-refractivity contribution >= 4 is 22.5 Å². The van der Waals surface area contributed by atoms with Crippen molar-refractivity contribution in [3.05, 3.63) is 23.5 Å². The van der Waals surface area contributed by atoms with Crippen LogP contribution < -0.4 is 10.5 Å². The number of aromatic nitrogens is 4. The molecule has 8 heteroatoms. The van der Waals surface area contributed by atoms with Gasteiger partial charge in [-0.2, -0.15) is 4.52 Å². The number of ether oxygens (including phenoxy) is 1. The van der Waals surface area contributed by atoms with E-state index in [0.717, 1.165) is 23.3 Å².